The molecule has 36 heavy (non-hydrogen) atoms. The van der Waals surface area contributed by atoms with Gasteiger partial charge in [0.25, 0.3) is 0 Å². The molecule has 0 N–H and O–H groups in total. The number of rotatable bonds is 5. The van der Waals surface area contributed by atoms with E-state index in [1.165, 1.54) is 26.0 Å². The first-order chi connectivity index (χ1) is 17.5. The van der Waals surface area contributed by atoms with Crippen LogP contribution in [0.25, 0.3) is 22.6 Å². The van der Waals surface area contributed by atoms with Crippen LogP contribution in [0.3, 0.4) is 0 Å². The van der Waals surface area contributed by atoms with Gasteiger partial charge >= 0.3 is 6.01 Å². The summed E-state index contributed by atoms with van der Waals surface area (Å²) in [4.78, 5) is 20.2. The van der Waals surface area contributed by atoms with Gasteiger partial charge in [-0.3, -0.25) is 4.98 Å². The van der Waals surface area contributed by atoms with Crippen LogP contribution in [-0.4, -0.2) is 56.1 Å². The highest BCUT2D eigenvalue weighted by atomic mass is 19.1. The van der Waals surface area contributed by atoms with Gasteiger partial charge in [0.15, 0.2) is 5.65 Å². The van der Waals surface area contributed by atoms with Crippen molar-refractivity contribution in [2.75, 3.05) is 26.7 Å². The maximum Gasteiger partial charge on any atom is 0.318 e. The Morgan fingerprint density at radius 1 is 1.14 bits per heavy atom. The zero-order chi connectivity index (χ0) is 24.8. The van der Waals surface area contributed by atoms with Crippen molar-refractivity contribution < 1.29 is 9.13 Å². The number of hydrogen-bond donors (Lipinski definition) is 0. The summed E-state index contributed by atoms with van der Waals surface area (Å²) in [5.74, 6) is 1.13. The standard InChI is InChI=1S/C27H26FN7O/c1-16-24-26(33-27(31-16)36-2)35(25(32-24)20-10-21(28)13-30-12-20)14-17-3-4-22(19(9-17)11-29)23-15-34-7-5-18(23)6-8-34/h3-4,9-10,12-13,18,23H,5-8,14-15H2,1-2H3/t23-/m1/s1. The van der Waals surface area contributed by atoms with E-state index in [1.807, 2.05) is 17.6 Å². The fraction of sp³-hybridized carbons (Fsp3) is 0.370. The van der Waals surface area contributed by atoms with E-state index in [9.17, 15) is 9.65 Å². The van der Waals surface area contributed by atoms with E-state index in [0.29, 0.717) is 52.2 Å². The van der Waals surface area contributed by atoms with Crippen LogP contribution in [0.15, 0.2) is 36.7 Å². The molecule has 182 valence electrons. The van der Waals surface area contributed by atoms with Crippen molar-refractivity contribution in [1.82, 2.24) is 29.4 Å². The molecule has 0 amide bonds. The van der Waals surface area contributed by atoms with Crippen molar-refractivity contribution in [1.29, 1.82) is 5.26 Å². The molecule has 6 heterocycles. The Hall–Kier alpha value is -3.90. The molecule has 2 bridgehead atoms. The van der Waals surface area contributed by atoms with Crippen molar-refractivity contribution in [2.45, 2.75) is 32.2 Å². The van der Waals surface area contributed by atoms with Gasteiger partial charge in [0.2, 0.25) is 0 Å². The first kappa shape index (κ1) is 22.6. The van der Waals surface area contributed by atoms with Gasteiger partial charge < -0.3 is 14.2 Å². The zero-order valence-corrected chi connectivity index (χ0v) is 20.3. The number of nitrogens with zero attached hydrogens (tertiary/aromatic N) is 7. The van der Waals surface area contributed by atoms with Gasteiger partial charge in [-0.25, -0.2) is 9.37 Å². The summed E-state index contributed by atoms with van der Waals surface area (Å²) in [6, 6.07) is 10.2. The lowest BCUT2D eigenvalue weighted by Gasteiger charge is -2.45. The molecular formula is C27H26FN7O. The van der Waals surface area contributed by atoms with Crippen LogP contribution >= 0.6 is 0 Å². The summed E-state index contributed by atoms with van der Waals surface area (Å²) >= 11 is 0. The number of fused-ring (bicyclic) bond motifs is 4. The third kappa shape index (κ3) is 3.88. The number of imidazole rings is 1. The van der Waals surface area contributed by atoms with E-state index in [-0.39, 0.29) is 6.01 Å². The van der Waals surface area contributed by atoms with Crippen molar-refractivity contribution in [3.8, 4) is 23.5 Å². The highest BCUT2D eigenvalue weighted by Crippen LogP contribution is 2.40. The Morgan fingerprint density at radius 3 is 2.67 bits per heavy atom. The number of aromatic nitrogens is 5. The molecule has 9 heteroatoms. The lowest BCUT2D eigenvalue weighted by Crippen LogP contribution is -2.46. The van der Waals surface area contributed by atoms with Crippen LogP contribution in [0, 0.1) is 30.0 Å². The summed E-state index contributed by atoms with van der Waals surface area (Å²) in [7, 11) is 1.52. The molecule has 3 fully saturated rings. The van der Waals surface area contributed by atoms with Crippen molar-refractivity contribution >= 4 is 11.2 Å². The fourth-order valence-electron chi connectivity index (χ4n) is 5.73. The van der Waals surface area contributed by atoms with E-state index < -0.39 is 5.82 Å². The second-order valence-electron chi connectivity index (χ2n) is 9.66. The van der Waals surface area contributed by atoms with Gasteiger partial charge in [-0.1, -0.05) is 12.1 Å². The number of halogens is 1. The summed E-state index contributed by atoms with van der Waals surface area (Å²) in [6.45, 7) is 5.59. The molecular weight excluding hydrogens is 457 g/mol. The summed E-state index contributed by atoms with van der Waals surface area (Å²) < 4.78 is 21.3. The highest BCUT2D eigenvalue weighted by molar-refractivity contribution is 5.79. The predicted octanol–water partition coefficient (Wildman–Crippen LogP) is 4.07. The average molecular weight is 484 g/mol. The minimum Gasteiger partial charge on any atom is -0.467 e. The molecule has 0 radical (unpaired) electrons. The molecule has 3 aromatic heterocycles. The van der Waals surface area contributed by atoms with E-state index in [4.69, 9.17) is 9.72 Å². The van der Waals surface area contributed by atoms with Gasteiger partial charge in [-0.2, -0.15) is 15.2 Å². The van der Waals surface area contributed by atoms with Crippen LogP contribution in [0.1, 0.15) is 41.1 Å². The lowest BCUT2D eigenvalue weighted by atomic mass is 9.74. The van der Waals surface area contributed by atoms with Gasteiger partial charge in [0, 0.05) is 24.2 Å². The smallest absolute Gasteiger partial charge is 0.318 e. The molecule has 0 spiro atoms. The second-order valence-corrected chi connectivity index (χ2v) is 9.66. The average Bonchev–Trinajstić information content (AvgIpc) is 3.27. The molecule has 3 aliphatic heterocycles. The quantitative estimate of drug-likeness (QED) is 0.422. The monoisotopic (exact) mass is 483 g/mol. The Kier molecular flexibility index (Phi) is 5.61. The number of hydrogen-bond acceptors (Lipinski definition) is 7. The minimum absolute atomic E-state index is 0.237. The number of nitriles is 1. The molecule has 3 saturated heterocycles. The van der Waals surface area contributed by atoms with Crippen molar-refractivity contribution in [3.05, 3.63) is 64.9 Å². The third-order valence-corrected chi connectivity index (χ3v) is 7.53. The van der Waals surface area contributed by atoms with Gasteiger partial charge in [0.1, 0.15) is 17.2 Å². The van der Waals surface area contributed by atoms with E-state index in [2.05, 4.69) is 38.1 Å². The largest absolute Gasteiger partial charge is 0.467 e. The minimum atomic E-state index is -0.444. The molecule has 8 nitrogen and oxygen atoms in total. The van der Waals surface area contributed by atoms with Crippen molar-refractivity contribution in [3.63, 3.8) is 0 Å². The Balaban J connectivity index is 1.44. The van der Waals surface area contributed by atoms with Crippen LogP contribution < -0.4 is 4.74 Å². The lowest BCUT2D eigenvalue weighted by molar-refractivity contribution is 0.0870. The van der Waals surface area contributed by atoms with Crippen LogP contribution in [0.2, 0.25) is 0 Å². The molecule has 1 atom stereocenters. The Morgan fingerprint density at radius 2 is 1.97 bits per heavy atom. The molecule has 0 aliphatic carbocycles. The summed E-state index contributed by atoms with van der Waals surface area (Å²) in [6.07, 6.45) is 5.14. The third-order valence-electron chi connectivity index (χ3n) is 7.53. The van der Waals surface area contributed by atoms with Gasteiger partial charge in [0.05, 0.1) is 37.2 Å². The topological polar surface area (TPSA) is 92.8 Å². The normalized spacial score (nSPS) is 21.0. The Labute approximate surface area is 208 Å². The zero-order valence-electron chi connectivity index (χ0n) is 20.3. The maximum atomic E-state index is 14.1. The number of pyridine rings is 1. The number of ether oxygens (including phenoxy) is 1. The fourth-order valence-corrected chi connectivity index (χ4v) is 5.73. The number of piperidine rings is 3. The maximum absolute atomic E-state index is 14.1. The van der Waals surface area contributed by atoms with Gasteiger partial charge in [-0.15, -0.1) is 0 Å². The SMILES string of the molecule is COc1nc(C)c2nc(-c3cncc(F)c3)n(Cc3ccc([C@@H]4CN5CCC4CC5)c(C#N)c3)c2n1. The Bertz CT molecular complexity index is 1500. The van der Waals surface area contributed by atoms with E-state index >= 15 is 0 Å². The van der Waals surface area contributed by atoms with Crippen LogP contribution in [0.4, 0.5) is 4.39 Å². The first-order valence-electron chi connectivity index (χ1n) is 12.2. The second kappa shape index (κ2) is 8.95. The molecule has 3 aliphatic rings. The summed E-state index contributed by atoms with van der Waals surface area (Å²) in [5.41, 5.74) is 5.19. The molecule has 0 unspecified atom stereocenters. The first-order valence-corrected chi connectivity index (χ1v) is 12.2. The number of benzene rings is 1. The molecule has 0 saturated carbocycles. The van der Waals surface area contributed by atoms with E-state index in [1.54, 1.807) is 6.20 Å². The summed E-state index contributed by atoms with van der Waals surface area (Å²) in [5, 5.41) is 10.0. The molecule has 1 aromatic carbocycles. The number of aryl methyl sites for hydroxylation is 1. The van der Waals surface area contributed by atoms with Gasteiger partial charge in [-0.05, 0) is 62.0 Å². The number of methoxy groups -OCH3 is 1. The van der Waals surface area contributed by atoms with E-state index in [0.717, 1.165) is 37.0 Å². The predicted molar refractivity (Wildman–Crippen MR) is 132 cm³/mol. The van der Waals surface area contributed by atoms with Crippen LogP contribution in [0.5, 0.6) is 6.01 Å². The highest BCUT2D eigenvalue weighted by Gasteiger charge is 2.36. The molecule has 7 rings (SSSR count). The van der Waals surface area contributed by atoms with Crippen LogP contribution in [-0.2, 0) is 6.54 Å². The molecule has 4 aromatic rings. The van der Waals surface area contributed by atoms with Crippen molar-refractivity contribution in [2.24, 2.45) is 5.92 Å².